The first-order chi connectivity index (χ1) is 15.1. The van der Waals surface area contributed by atoms with E-state index in [1.165, 1.54) is 12.3 Å². The summed E-state index contributed by atoms with van der Waals surface area (Å²) in [5, 5.41) is 23.6. The van der Waals surface area contributed by atoms with Crippen LogP contribution in [0.1, 0.15) is 19.2 Å². The highest BCUT2D eigenvalue weighted by atomic mass is 16.5. The van der Waals surface area contributed by atoms with Gasteiger partial charge in [-0.3, -0.25) is 4.79 Å². The van der Waals surface area contributed by atoms with Crippen LogP contribution in [0.2, 0.25) is 0 Å². The number of aliphatic hydroxyl groups is 1. The maximum Gasteiger partial charge on any atom is 0.271 e. The highest BCUT2D eigenvalue weighted by molar-refractivity contribution is 5.78. The number of benzene rings is 1. The minimum Gasteiger partial charge on any atom is -0.868 e. The highest BCUT2D eigenvalue weighted by Gasteiger charge is 2.23. The summed E-state index contributed by atoms with van der Waals surface area (Å²) < 4.78 is 11.6. The Morgan fingerprint density at radius 2 is 2.19 bits per heavy atom. The molecule has 0 aliphatic rings. The molecular weight excluding hydrogens is 398 g/mol. The number of hydrogen-bond donors (Lipinski definition) is 3. The van der Waals surface area contributed by atoms with Crippen molar-refractivity contribution in [1.29, 1.82) is 0 Å². The molecule has 0 aliphatic heterocycles. The van der Waals surface area contributed by atoms with Gasteiger partial charge in [0.15, 0.2) is 30.0 Å². The number of ether oxygens (including phenoxy) is 1. The van der Waals surface area contributed by atoms with Crippen molar-refractivity contribution in [1.82, 2.24) is 9.88 Å². The molecule has 31 heavy (non-hydrogen) atoms. The second-order valence-electron chi connectivity index (χ2n) is 7.16. The molecule has 0 unspecified atom stereocenters. The molecule has 0 aliphatic carbocycles. The number of hydrogen-bond acceptors (Lipinski definition) is 5. The number of pyridine rings is 1. The average molecular weight is 429 g/mol. The van der Waals surface area contributed by atoms with Crippen molar-refractivity contribution in [2.24, 2.45) is 5.73 Å². The van der Waals surface area contributed by atoms with Gasteiger partial charge in [-0.15, -0.1) is 0 Å². The summed E-state index contributed by atoms with van der Waals surface area (Å²) in [5.74, 6) is 1.26. The second-order valence-corrected chi connectivity index (χ2v) is 7.16. The second kappa shape index (κ2) is 10.7. The Bertz CT molecular complexity index is 1030. The summed E-state index contributed by atoms with van der Waals surface area (Å²) in [6, 6.07) is 8.86. The third kappa shape index (κ3) is 5.50. The minimum absolute atomic E-state index is 0.00534. The molecule has 2 heterocycles. The van der Waals surface area contributed by atoms with E-state index in [1.54, 1.807) is 10.6 Å². The Hall–Kier alpha value is -3.17. The number of aliphatic hydroxyl groups excluding tert-OH is 1. The SMILES string of the molecule is CC[n+]1c(CN)n(CCO)c2cc(OCC(=O)NCCC[n+]3cccc([O-])c3)ccc21. The van der Waals surface area contributed by atoms with Crippen LogP contribution in [0.3, 0.4) is 0 Å². The number of nitrogens with zero attached hydrogens (tertiary/aromatic N) is 3. The largest absolute Gasteiger partial charge is 0.868 e. The van der Waals surface area contributed by atoms with E-state index in [0.717, 1.165) is 23.4 Å². The van der Waals surface area contributed by atoms with Gasteiger partial charge >= 0.3 is 0 Å². The lowest BCUT2D eigenvalue weighted by molar-refractivity contribution is -0.699. The quantitative estimate of drug-likeness (QED) is 0.277. The Kier molecular flexibility index (Phi) is 7.80. The lowest BCUT2D eigenvalue weighted by Gasteiger charge is -2.07. The maximum absolute atomic E-state index is 12.1. The zero-order chi connectivity index (χ0) is 22.2. The van der Waals surface area contributed by atoms with E-state index in [9.17, 15) is 15.0 Å². The van der Waals surface area contributed by atoms with Crippen LogP contribution < -0.4 is 30.0 Å². The molecule has 9 heteroatoms. The number of nitrogens with two attached hydrogens (primary N) is 1. The van der Waals surface area contributed by atoms with Gasteiger partial charge in [0.1, 0.15) is 18.8 Å². The van der Waals surface area contributed by atoms with Gasteiger partial charge in [-0.05, 0) is 24.8 Å². The van der Waals surface area contributed by atoms with E-state index >= 15 is 0 Å². The Morgan fingerprint density at radius 3 is 2.90 bits per heavy atom. The molecular formula is C22H30N5O4+. The van der Waals surface area contributed by atoms with E-state index in [2.05, 4.69) is 9.88 Å². The summed E-state index contributed by atoms with van der Waals surface area (Å²) in [5.41, 5.74) is 7.85. The fraction of sp³-hybridized carbons (Fsp3) is 0.409. The fourth-order valence-electron chi connectivity index (χ4n) is 3.71. The zero-order valence-corrected chi connectivity index (χ0v) is 17.8. The molecule has 3 aromatic rings. The predicted octanol–water partition coefficient (Wildman–Crippen LogP) is -0.654. The van der Waals surface area contributed by atoms with E-state index in [1.807, 2.05) is 35.9 Å². The van der Waals surface area contributed by atoms with E-state index in [4.69, 9.17) is 10.5 Å². The van der Waals surface area contributed by atoms with Crippen molar-refractivity contribution >= 4 is 16.9 Å². The number of amides is 1. The maximum atomic E-state index is 12.1. The van der Waals surface area contributed by atoms with Gasteiger partial charge in [0.25, 0.3) is 11.7 Å². The lowest BCUT2D eigenvalue weighted by atomic mass is 10.3. The van der Waals surface area contributed by atoms with Crippen LogP contribution in [0.25, 0.3) is 11.0 Å². The number of carbonyl (C=O) groups excluding carboxylic acids is 1. The van der Waals surface area contributed by atoms with Crippen molar-refractivity contribution in [3.05, 3.63) is 48.5 Å². The summed E-state index contributed by atoms with van der Waals surface area (Å²) in [7, 11) is 0. The molecule has 4 N–H and O–H groups in total. The summed E-state index contributed by atoms with van der Waals surface area (Å²) in [4.78, 5) is 12.1. The molecule has 0 saturated heterocycles. The zero-order valence-electron chi connectivity index (χ0n) is 17.8. The lowest BCUT2D eigenvalue weighted by Crippen LogP contribution is -2.38. The van der Waals surface area contributed by atoms with Crippen molar-refractivity contribution in [3.8, 4) is 11.5 Å². The molecule has 1 aromatic carbocycles. The van der Waals surface area contributed by atoms with Gasteiger partial charge in [-0.25, -0.2) is 13.7 Å². The number of rotatable bonds is 11. The van der Waals surface area contributed by atoms with Gasteiger partial charge in [0.05, 0.1) is 19.7 Å². The Balaban J connectivity index is 1.56. The first-order valence-corrected chi connectivity index (χ1v) is 10.5. The number of carbonyl (C=O) groups is 1. The molecule has 0 radical (unpaired) electrons. The van der Waals surface area contributed by atoms with E-state index < -0.39 is 0 Å². The van der Waals surface area contributed by atoms with Crippen LogP contribution in [0.4, 0.5) is 0 Å². The topological polar surface area (TPSA) is 120 Å². The van der Waals surface area contributed by atoms with Crippen LogP contribution in [0.15, 0.2) is 42.7 Å². The van der Waals surface area contributed by atoms with Gasteiger partial charge in [0.2, 0.25) is 0 Å². The highest BCUT2D eigenvalue weighted by Crippen LogP contribution is 2.21. The number of fused-ring (bicyclic) bond motifs is 1. The third-order valence-corrected chi connectivity index (χ3v) is 5.09. The number of imidazole rings is 1. The monoisotopic (exact) mass is 428 g/mol. The Morgan fingerprint density at radius 1 is 1.35 bits per heavy atom. The van der Waals surface area contributed by atoms with Crippen LogP contribution in [0.5, 0.6) is 11.5 Å². The molecule has 0 atom stereocenters. The molecule has 2 aromatic heterocycles. The minimum atomic E-state index is -0.209. The summed E-state index contributed by atoms with van der Waals surface area (Å²) in [6.45, 7) is 4.67. The van der Waals surface area contributed by atoms with Gasteiger partial charge < -0.3 is 26.0 Å². The van der Waals surface area contributed by atoms with E-state index in [-0.39, 0.29) is 24.9 Å². The van der Waals surface area contributed by atoms with Crippen LogP contribution in [0, 0.1) is 0 Å². The van der Waals surface area contributed by atoms with Crippen LogP contribution in [-0.4, -0.2) is 35.3 Å². The molecule has 0 spiro atoms. The first kappa shape index (κ1) is 22.5. The van der Waals surface area contributed by atoms with Gasteiger partial charge in [-0.1, -0.05) is 6.07 Å². The van der Waals surface area contributed by atoms with E-state index in [0.29, 0.717) is 38.3 Å². The van der Waals surface area contributed by atoms with Crippen LogP contribution in [-0.2, 0) is 31.0 Å². The number of aromatic nitrogens is 3. The smallest absolute Gasteiger partial charge is 0.271 e. The normalized spacial score (nSPS) is 11.1. The van der Waals surface area contributed by atoms with Crippen LogP contribution >= 0.6 is 0 Å². The van der Waals surface area contributed by atoms with Gasteiger partial charge in [-0.2, -0.15) is 0 Å². The molecule has 3 rings (SSSR count). The van der Waals surface area contributed by atoms with Crippen molar-refractivity contribution in [2.75, 3.05) is 19.8 Å². The average Bonchev–Trinajstić information content (AvgIpc) is 3.07. The third-order valence-electron chi connectivity index (χ3n) is 5.09. The number of nitrogens with one attached hydrogen (secondary N) is 1. The summed E-state index contributed by atoms with van der Waals surface area (Å²) in [6.07, 6.45) is 4.07. The summed E-state index contributed by atoms with van der Waals surface area (Å²) >= 11 is 0. The Labute approximate surface area is 181 Å². The molecule has 9 nitrogen and oxygen atoms in total. The molecule has 0 bridgehead atoms. The molecule has 0 saturated carbocycles. The first-order valence-electron chi connectivity index (χ1n) is 10.5. The number of aryl methyl sites for hydroxylation is 2. The van der Waals surface area contributed by atoms with Gasteiger partial charge in [0, 0.05) is 25.1 Å². The van der Waals surface area contributed by atoms with Crippen molar-refractivity contribution < 1.29 is 28.9 Å². The molecule has 166 valence electrons. The van der Waals surface area contributed by atoms with Crippen molar-refractivity contribution in [2.45, 2.75) is 39.5 Å². The predicted molar refractivity (Wildman–Crippen MR) is 112 cm³/mol. The molecule has 0 fully saturated rings. The standard InChI is InChI=1S/C22H29N5O4/c1-2-26-19-7-6-18(13-20(19)27(11-12-28)22(26)14-23)31-16-21(30)24-8-4-10-25-9-3-5-17(29)15-25/h3,5-7,9,13,15,28H,2,4,8,10-12,14,16,23H2,1H3/p+1. The molecule has 1 amide bonds. The fourth-order valence-corrected chi connectivity index (χ4v) is 3.71. The van der Waals surface area contributed by atoms with Crippen molar-refractivity contribution in [3.63, 3.8) is 0 Å².